The first-order chi connectivity index (χ1) is 6.56. The average Bonchev–Trinajstić information content (AvgIpc) is 2.13. The molecule has 1 rings (SSSR count). The second kappa shape index (κ2) is 4.89. The summed E-state index contributed by atoms with van der Waals surface area (Å²) in [6, 6.07) is 3.36. The van der Waals surface area contributed by atoms with Crippen LogP contribution in [-0.2, 0) is 0 Å². The quantitative estimate of drug-likeness (QED) is 0.732. The van der Waals surface area contributed by atoms with Crippen LogP contribution >= 0.6 is 23.4 Å². The number of ether oxygens (including phenoxy) is 1. The van der Waals surface area contributed by atoms with Crippen LogP contribution in [0.4, 0.5) is 4.39 Å². The third-order valence-corrected chi connectivity index (χ3v) is 2.86. The number of hydrogen-bond donors (Lipinski definition) is 0. The molecular formula is C10H12ClFOS. The first-order valence-corrected chi connectivity index (χ1v) is 5.85. The van der Waals surface area contributed by atoms with Crippen molar-refractivity contribution >= 4 is 23.4 Å². The molecule has 1 aromatic rings. The van der Waals surface area contributed by atoms with Crippen molar-refractivity contribution in [3.8, 4) is 5.75 Å². The standard InChI is InChI=1S/C10H12ClFOS/c1-6(2)13-7-4-5-8(14-3)9(11)10(7)12/h4-6H,1-3H3. The molecule has 0 atom stereocenters. The maximum Gasteiger partial charge on any atom is 0.184 e. The smallest absolute Gasteiger partial charge is 0.184 e. The van der Waals surface area contributed by atoms with Crippen molar-refractivity contribution in [1.29, 1.82) is 0 Å². The Balaban J connectivity index is 3.04. The van der Waals surface area contributed by atoms with Crippen molar-refractivity contribution in [2.75, 3.05) is 6.26 Å². The molecule has 4 heteroatoms. The van der Waals surface area contributed by atoms with E-state index in [1.807, 2.05) is 20.1 Å². The van der Waals surface area contributed by atoms with Crippen LogP contribution in [0.5, 0.6) is 5.75 Å². The molecule has 1 aromatic carbocycles. The van der Waals surface area contributed by atoms with E-state index in [4.69, 9.17) is 16.3 Å². The molecule has 0 aliphatic rings. The summed E-state index contributed by atoms with van der Waals surface area (Å²) in [6.07, 6.45) is 1.80. The van der Waals surface area contributed by atoms with Gasteiger partial charge in [0.1, 0.15) is 0 Å². The van der Waals surface area contributed by atoms with Gasteiger partial charge in [-0.1, -0.05) is 11.6 Å². The Hall–Kier alpha value is -0.410. The van der Waals surface area contributed by atoms with Gasteiger partial charge in [-0.25, -0.2) is 4.39 Å². The average molecular weight is 235 g/mol. The van der Waals surface area contributed by atoms with Crippen molar-refractivity contribution in [1.82, 2.24) is 0 Å². The number of halogens is 2. The highest BCUT2D eigenvalue weighted by atomic mass is 35.5. The Morgan fingerprint density at radius 2 is 2.07 bits per heavy atom. The lowest BCUT2D eigenvalue weighted by Crippen LogP contribution is -2.07. The largest absolute Gasteiger partial charge is 0.488 e. The summed E-state index contributed by atoms with van der Waals surface area (Å²) in [5.74, 6) is -0.269. The van der Waals surface area contributed by atoms with Crippen molar-refractivity contribution < 1.29 is 9.13 Å². The van der Waals surface area contributed by atoms with Crippen LogP contribution in [0, 0.1) is 5.82 Å². The van der Waals surface area contributed by atoms with Gasteiger partial charge in [-0.05, 0) is 32.2 Å². The van der Waals surface area contributed by atoms with Gasteiger partial charge in [0.15, 0.2) is 11.6 Å². The lowest BCUT2D eigenvalue weighted by molar-refractivity contribution is 0.231. The molecule has 0 aliphatic heterocycles. The zero-order valence-corrected chi connectivity index (χ0v) is 9.88. The molecule has 0 amide bonds. The molecule has 0 spiro atoms. The topological polar surface area (TPSA) is 9.23 Å². The van der Waals surface area contributed by atoms with Gasteiger partial charge in [0.25, 0.3) is 0 Å². The number of hydrogen-bond acceptors (Lipinski definition) is 2. The van der Waals surface area contributed by atoms with Gasteiger partial charge < -0.3 is 4.74 Å². The molecule has 0 fully saturated rings. The van der Waals surface area contributed by atoms with Gasteiger partial charge in [-0.2, -0.15) is 0 Å². The summed E-state index contributed by atoms with van der Waals surface area (Å²) in [4.78, 5) is 0.722. The SMILES string of the molecule is CSc1ccc(OC(C)C)c(F)c1Cl. The van der Waals surface area contributed by atoms with Crippen LogP contribution in [0.15, 0.2) is 17.0 Å². The molecule has 0 saturated carbocycles. The van der Waals surface area contributed by atoms with Crippen molar-refractivity contribution in [2.45, 2.75) is 24.8 Å². The third kappa shape index (κ3) is 2.55. The fourth-order valence-electron chi connectivity index (χ4n) is 1.02. The maximum atomic E-state index is 13.5. The lowest BCUT2D eigenvalue weighted by Gasteiger charge is -2.12. The highest BCUT2D eigenvalue weighted by Gasteiger charge is 2.12. The monoisotopic (exact) mass is 234 g/mol. The Morgan fingerprint density at radius 1 is 1.43 bits per heavy atom. The van der Waals surface area contributed by atoms with E-state index in [2.05, 4.69) is 0 Å². The molecule has 0 unspecified atom stereocenters. The molecule has 0 aliphatic carbocycles. The van der Waals surface area contributed by atoms with Gasteiger partial charge in [0, 0.05) is 4.90 Å². The van der Waals surface area contributed by atoms with E-state index in [1.54, 1.807) is 12.1 Å². The van der Waals surface area contributed by atoms with E-state index in [9.17, 15) is 4.39 Å². The first kappa shape index (κ1) is 11.7. The van der Waals surface area contributed by atoms with Crippen LogP contribution in [0.1, 0.15) is 13.8 Å². The predicted octanol–water partition coefficient (Wildman–Crippen LogP) is 3.99. The van der Waals surface area contributed by atoms with Crippen LogP contribution < -0.4 is 4.74 Å². The molecule has 0 N–H and O–H groups in total. The van der Waals surface area contributed by atoms with E-state index < -0.39 is 5.82 Å². The van der Waals surface area contributed by atoms with Crippen molar-refractivity contribution in [2.24, 2.45) is 0 Å². The van der Waals surface area contributed by atoms with Crippen LogP contribution in [0.3, 0.4) is 0 Å². The summed E-state index contributed by atoms with van der Waals surface area (Å²) in [6.45, 7) is 3.69. The second-order valence-corrected chi connectivity index (χ2v) is 4.29. The Morgan fingerprint density at radius 3 is 2.57 bits per heavy atom. The zero-order valence-electron chi connectivity index (χ0n) is 8.30. The number of thioether (sulfide) groups is 1. The maximum absolute atomic E-state index is 13.5. The van der Waals surface area contributed by atoms with E-state index in [-0.39, 0.29) is 16.9 Å². The molecule has 0 heterocycles. The van der Waals surface area contributed by atoms with Gasteiger partial charge in [0.2, 0.25) is 0 Å². The van der Waals surface area contributed by atoms with Gasteiger partial charge in [-0.15, -0.1) is 11.8 Å². The van der Waals surface area contributed by atoms with E-state index >= 15 is 0 Å². The fraction of sp³-hybridized carbons (Fsp3) is 0.400. The number of benzene rings is 1. The van der Waals surface area contributed by atoms with E-state index in [0.717, 1.165) is 4.90 Å². The number of rotatable bonds is 3. The van der Waals surface area contributed by atoms with Crippen LogP contribution in [0.2, 0.25) is 5.02 Å². The Labute approximate surface area is 92.6 Å². The van der Waals surface area contributed by atoms with Crippen molar-refractivity contribution in [3.63, 3.8) is 0 Å². The zero-order chi connectivity index (χ0) is 10.7. The molecule has 0 aromatic heterocycles. The highest BCUT2D eigenvalue weighted by Crippen LogP contribution is 2.33. The summed E-state index contributed by atoms with van der Waals surface area (Å²) in [5.41, 5.74) is 0. The van der Waals surface area contributed by atoms with Crippen LogP contribution in [-0.4, -0.2) is 12.4 Å². The molecule has 1 nitrogen and oxygen atoms in total. The summed E-state index contributed by atoms with van der Waals surface area (Å²) in [5, 5.41) is 0.135. The van der Waals surface area contributed by atoms with Gasteiger partial charge in [0.05, 0.1) is 11.1 Å². The third-order valence-electron chi connectivity index (χ3n) is 1.59. The lowest BCUT2D eigenvalue weighted by atomic mass is 10.3. The van der Waals surface area contributed by atoms with E-state index in [1.165, 1.54) is 11.8 Å². The summed E-state index contributed by atoms with van der Waals surface area (Å²) in [7, 11) is 0. The minimum absolute atomic E-state index is 0.0549. The molecule has 14 heavy (non-hydrogen) atoms. The summed E-state index contributed by atoms with van der Waals surface area (Å²) >= 11 is 7.22. The first-order valence-electron chi connectivity index (χ1n) is 4.25. The van der Waals surface area contributed by atoms with Crippen LogP contribution in [0.25, 0.3) is 0 Å². The highest BCUT2D eigenvalue weighted by molar-refractivity contribution is 7.98. The van der Waals surface area contributed by atoms with E-state index in [0.29, 0.717) is 0 Å². The van der Waals surface area contributed by atoms with Gasteiger partial charge in [-0.3, -0.25) is 0 Å². The molecule has 0 radical (unpaired) electrons. The minimum Gasteiger partial charge on any atom is -0.488 e. The fourth-order valence-corrected chi connectivity index (χ4v) is 1.88. The van der Waals surface area contributed by atoms with Crippen molar-refractivity contribution in [3.05, 3.63) is 23.0 Å². The molecular weight excluding hydrogens is 223 g/mol. The normalized spacial score (nSPS) is 10.7. The Bertz CT molecular complexity index is 328. The second-order valence-electron chi connectivity index (χ2n) is 3.06. The van der Waals surface area contributed by atoms with Gasteiger partial charge >= 0.3 is 0 Å². The summed E-state index contributed by atoms with van der Waals surface area (Å²) < 4.78 is 18.8. The Kier molecular flexibility index (Phi) is 4.08. The molecule has 0 saturated heterocycles. The minimum atomic E-state index is -0.479. The predicted molar refractivity (Wildman–Crippen MR) is 59.0 cm³/mol. The molecule has 78 valence electrons. The molecule has 0 bridgehead atoms.